The summed E-state index contributed by atoms with van der Waals surface area (Å²) in [5, 5.41) is 4.14. The Morgan fingerprint density at radius 2 is 1.67 bits per heavy atom. The van der Waals surface area contributed by atoms with E-state index in [1.54, 1.807) is 39.9 Å². The predicted molar refractivity (Wildman–Crippen MR) is 164 cm³/mol. The minimum absolute atomic E-state index is 0.280. The molecule has 0 bridgehead atoms. The Bertz CT molecular complexity index is 1840. The van der Waals surface area contributed by atoms with Crippen molar-refractivity contribution in [3.63, 3.8) is 0 Å². The van der Waals surface area contributed by atoms with Crippen molar-refractivity contribution in [1.29, 1.82) is 0 Å². The van der Waals surface area contributed by atoms with Crippen LogP contribution in [0.3, 0.4) is 0 Å². The van der Waals surface area contributed by atoms with Crippen LogP contribution >= 0.6 is 23.2 Å². The molecule has 1 aliphatic heterocycles. The van der Waals surface area contributed by atoms with Crippen LogP contribution in [-0.4, -0.2) is 66.7 Å². The Balaban J connectivity index is 1.22. The van der Waals surface area contributed by atoms with E-state index in [1.807, 2.05) is 45.0 Å². The lowest BCUT2D eigenvalue weighted by Gasteiger charge is -2.36. The first kappa shape index (κ1) is 27.8. The largest absolute Gasteiger partial charge is 0.444 e. The van der Waals surface area contributed by atoms with E-state index >= 15 is 0 Å². The van der Waals surface area contributed by atoms with Gasteiger partial charge in [0.05, 0.1) is 15.7 Å². The van der Waals surface area contributed by atoms with Crippen molar-refractivity contribution in [2.24, 2.45) is 0 Å². The molecule has 1 aliphatic rings. The molecule has 6 rings (SSSR count). The number of nitrogens with one attached hydrogen (secondary N) is 1. The molecule has 4 heterocycles. The summed E-state index contributed by atoms with van der Waals surface area (Å²) in [6, 6.07) is 12.9. The maximum atomic E-state index is 13.6. The summed E-state index contributed by atoms with van der Waals surface area (Å²) in [5.74, 6) is 0.646. The molecule has 1 amide bonds. The third-order valence-corrected chi connectivity index (χ3v) is 7.44. The summed E-state index contributed by atoms with van der Waals surface area (Å²) in [6.07, 6.45) is 4.49. The monoisotopic (exact) mass is 606 g/mol. The minimum atomic E-state index is -0.513. The van der Waals surface area contributed by atoms with Crippen molar-refractivity contribution in [2.75, 3.05) is 36.4 Å². The molecule has 0 spiro atoms. The van der Waals surface area contributed by atoms with Crippen LogP contribution in [0.5, 0.6) is 0 Å². The fourth-order valence-corrected chi connectivity index (χ4v) is 5.43. The molecule has 5 aromatic rings. The fourth-order valence-electron chi connectivity index (χ4n) is 4.87. The van der Waals surface area contributed by atoms with Gasteiger partial charge in [0.15, 0.2) is 5.65 Å². The number of imidazole rings is 1. The van der Waals surface area contributed by atoms with Crippen LogP contribution in [0.15, 0.2) is 65.8 Å². The average molecular weight is 608 g/mol. The molecule has 42 heavy (non-hydrogen) atoms. The van der Waals surface area contributed by atoms with E-state index in [2.05, 4.69) is 25.2 Å². The van der Waals surface area contributed by atoms with E-state index in [1.165, 1.54) is 10.8 Å². The molecule has 0 radical (unpaired) electrons. The zero-order chi connectivity index (χ0) is 29.6. The first-order valence-electron chi connectivity index (χ1n) is 13.4. The first-order chi connectivity index (χ1) is 20.1. The molecular weight excluding hydrogens is 579 g/mol. The minimum Gasteiger partial charge on any atom is -0.444 e. The van der Waals surface area contributed by atoms with Gasteiger partial charge in [-0.25, -0.2) is 19.3 Å². The molecule has 0 aliphatic carbocycles. The lowest BCUT2D eigenvalue weighted by atomic mass is 10.2. The molecule has 13 heteroatoms. The molecular formula is C29H28Cl2N8O3. The topological polar surface area (TPSA) is 110 Å². The number of para-hydroxylation sites is 1. The second-order valence-electron chi connectivity index (χ2n) is 10.9. The number of hydrogen-bond acceptors (Lipinski definition) is 8. The van der Waals surface area contributed by atoms with Gasteiger partial charge in [-0.05, 0) is 57.2 Å². The molecule has 11 nitrogen and oxygen atoms in total. The number of piperazine rings is 1. The van der Waals surface area contributed by atoms with Gasteiger partial charge in [0.25, 0.3) is 5.56 Å². The van der Waals surface area contributed by atoms with Gasteiger partial charge in [0.2, 0.25) is 11.7 Å². The van der Waals surface area contributed by atoms with Gasteiger partial charge < -0.3 is 19.9 Å². The molecule has 3 aromatic heterocycles. The summed E-state index contributed by atoms with van der Waals surface area (Å²) < 4.78 is 8.56. The number of amides is 1. The number of rotatable bonds is 4. The summed E-state index contributed by atoms with van der Waals surface area (Å²) in [4.78, 5) is 43.3. The number of anilines is 3. The Kier molecular flexibility index (Phi) is 7.15. The van der Waals surface area contributed by atoms with Gasteiger partial charge in [0.1, 0.15) is 11.0 Å². The van der Waals surface area contributed by atoms with Crippen LogP contribution in [0.4, 0.5) is 22.1 Å². The average Bonchev–Trinajstić information content (AvgIpc) is 3.44. The number of carbonyl (C=O) groups is 1. The highest BCUT2D eigenvalue weighted by Crippen LogP contribution is 2.29. The molecule has 1 fully saturated rings. The molecule has 2 aromatic carbocycles. The van der Waals surface area contributed by atoms with Crippen LogP contribution in [0, 0.1) is 0 Å². The van der Waals surface area contributed by atoms with Crippen molar-refractivity contribution in [3.8, 4) is 5.69 Å². The third kappa shape index (κ3) is 5.33. The first-order valence-corrected chi connectivity index (χ1v) is 14.1. The summed E-state index contributed by atoms with van der Waals surface area (Å²) >= 11 is 12.8. The van der Waals surface area contributed by atoms with Crippen LogP contribution in [-0.2, 0) is 4.74 Å². The standard InChI is InChI=1S/C29H28Cl2N8O3/c1-29(2,3)42-28(41)37-15-13-36(14-16-37)19-9-7-18(8-10-19)34-26-33-17-20-24(35-26)38-12-11-32-27(38)39(25(20)40)23-21(30)5-4-6-22(23)31/h4-12,17H,13-16H2,1-3H3,(H,33,34,35). The van der Waals surface area contributed by atoms with E-state index in [0.29, 0.717) is 59.3 Å². The Hall–Kier alpha value is -4.35. The van der Waals surface area contributed by atoms with E-state index in [-0.39, 0.29) is 17.0 Å². The van der Waals surface area contributed by atoms with Crippen molar-refractivity contribution in [1.82, 2.24) is 28.8 Å². The second kappa shape index (κ2) is 10.8. The van der Waals surface area contributed by atoms with Gasteiger partial charge in [-0.1, -0.05) is 29.3 Å². The van der Waals surface area contributed by atoms with Gasteiger partial charge in [0, 0.05) is 56.1 Å². The molecule has 1 saturated heterocycles. The van der Waals surface area contributed by atoms with Crippen LogP contribution in [0.1, 0.15) is 20.8 Å². The van der Waals surface area contributed by atoms with Crippen molar-refractivity contribution >= 4 is 63.4 Å². The maximum Gasteiger partial charge on any atom is 0.410 e. The van der Waals surface area contributed by atoms with Gasteiger partial charge in [-0.3, -0.25) is 9.20 Å². The highest BCUT2D eigenvalue weighted by Gasteiger charge is 2.26. The van der Waals surface area contributed by atoms with Crippen molar-refractivity contribution in [2.45, 2.75) is 26.4 Å². The van der Waals surface area contributed by atoms with Gasteiger partial charge in [-0.2, -0.15) is 4.98 Å². The highest BCUT2D eigenvalue weighted by molar-refractivity contribution is 6.37. The Labute approximate surface area is 251 Å². The summed E-state index contributed by atoms with van der Waals surface area (Å²) in [7, 11) is 0. The van der Waals surface area contributed by atoms with E-state index < -0.39 is 5.60 Å². The highest BCUT2D eigenvalue weighted by atomic mass is 35.5. The number of ether oxygens (including phenoxy) is 1. The Morgan fingerprint density at radius 3 is 2.33 bits per heavy atom. The summed E-state index contributed by atoms with van der Waals surface area (Å²) in [5.41, 5.74) is 1.66. The maximum absolute atomic E-state index is 13.6. The number of halogens is 2. The van der Waals surface area contributed by atoms with Gasteiger partial charge in [-0.15, -0.1) is 0 Å². The van der Waals surface area contributed by atoms with E-state index in [4.69, 9.17) is 27.9 Å². The second-order valence-corrected chi connectivity index (χ2v) is 11.7. The van der Waals surface area contributed by atoms with Crippen molar-refractivity contribution < 1.29 is 9.53 Å². The van der Waals surface area contributed by atoms with Crippen LogP contribution < -0.4 is 15.8 Å². The SMILES string of the molecule is CC(C)(C)OC(=O)N1CCN(c2ccc(Nc3ncc4c(=O)n(-c5c(Cl)cccc5Cl)c5nccn5c4n3)cc2)CC1. The fraction of sp³-hybridized carbons (Fsp3) is 0.276. The van der Waals surface area contributed by atoms with Crippen LogP contribution in [0.2, 0.25) is 10.0 Å². The summed E-state index contributed by atoms with van der Waals surface area (Å²) in [6.45, 7) is 8.20. The lowest BCUT2D eigenvalue weighted by molar-refractivity contribution is 0.0240. The molecule has 216 valence electrons. The lowest BCUT2D eigenvalue weighted by Crippen LogP contribution is -2.50. The molecule has 1 N–H and O–H groups in total. The number of nitrogens with zero attached hydrogens (tertiary/aromatic N) is 7. The number of carbonyl (C=O) groups excluding carboxylic acids is 1. The zero-order valence-corrected chi connectivity index (χ0v) is 24.7. The zero-order valence-electron chi connectivity index (χ0n) is 23.2. The van der Waals surface area contributed by atoms with E-state index in [0.717, 1.165) is 11.4 Å². The molecule has 0 atom stereocenters. The van der Waals surface area contributed by atoms with Crippen molar-refractivity contribution in [3.05, 3.63) is 81.5 Å². The predicted octanol–water partition coefficient (Wildman–Crippen LogP) is 5.54. The van der Waals surface area contributed by atoms with Crippen LogP contribution in [0.25, 0.3) is 22.5 Å². The van der Waals surface area contributed by atoms with E-state index in [9.17, 15) is 9.59 Å². The number of benzene rings is 2. The number of fused-ring (bicyclic) bond motifs is 3. The molecule has 0 saturated carbocycles. The number of hydrogen-bond donors (Lipinski definition) is 1. The third-order valence-electron chi connectivity index (χ3n) is 6.83. The smallest absolute Gasteiger partial charge is 0.410 e. The Morgan fingerprint density at radius 1 is 0.976 bits per heavy atom. The quantitative estimate of drug-likeness (QED) is 0.284. The number of aromatic nitrogens is 5. The normalized spacial score (nSPS) is 14.0. The van der Waals surface area contributed by atoms with Gasteiger partial charge >= 0.3 is 6.09 Å². The molecule has 0 unspecified atom stereocenters.